The largest absolute Gasteiger partial charge is 0.306 e. The van der Waals surface area contributed by atoms with Crippen LogP contribution in [0.3, 0.4) is 0 Å². The van der Waals surface area contributed by atoms with Gasteiger partial charge >= 0.3 is 0 Å². The molecular formula is C2H2N6O. The molecule has 46 valence electrons. The lowest BCUT2D eigenvalue weighted by Gasteiger charge is -1.80. The molecule has 0 atom stereocenters. The first-order chi connectivity index (χ1) is 4.38. The lowest BCUT2D eigenvalue weighted by atomic mass is 10.6. The van der Waals surface area contributed by atoms with Gasteiger partial charge in [-0.25, -0.2) is 4.63 Å². The maximum Gasteiger partial charge on any atom is 0.267 e. The number of hydrogen-bond donors (Lipinski definition) is 1. The zero-order valence-corrected chi connectivity index (χ0v) is 4.22. The van der Waals surface area contributed by atoms with E-state index in [1.54, 1.807) is 0 Å². The van der Waals surface area contributed by atoms with E-state index < -0.39 is 0 Å². The number of aromatic nitrogens is 5. The SMILES string of the molecule is Nn1onc2nnnc1-2. The van der Waals surface area contributed by atoms with E-state index in [2.05, 4.69) is 25.2 Å². The average Bonchev–Trinajstić information content (AvgIpc) is 2.35. The van der Waals surface area contributed by atoms with Gasteiger partial charge in [-0.05, 0) is 10.4 Å². The second-order valence-corrected chi connectivity index (χ2v) is 1.44. The third-order valence-electron chi connectivity index (χ3n) is 0.903. The van der Waals surface area contributed by atoms with Gasteiger partial charge in [-0.1, -0.05) is 4.85 Å². The zero-order valence-electron chi connectivity index (χ0n) is 4.22. The molecule has 0 bridgehead atoms. The molecule has 2 N–H and O–H groups in total. The fraction of sp³-hybridized carbons (Fsp3) is 0. The molecule has 7 heteroatoms. The highest BCUT2D eigenvalue weighted by Crippen LogP contribution is 2.08. The Bertz CT molecular complexity index is 283. The van der Waals surface area contributed by atoms with Crippen LogP contribution >= 0.6 is 0 Å². The highest BCUT2D eigenvalue weighted by Gasteiger charge is 2.15. The van der Waals surface area contributed by atoms with Gasteiger partial charge in [0.15, 0.2) is 0 Å². The molecule has 2 rings (SSSR count). The van der Waals surface area contributed by atoms with Gasteiger partial charge in [0.1, 0.15) is 0 Å². The molecule has 0 aromatic carbocycles. The average molecular weight is 126 g/mol. The number of rotatable bonds is 0. The van der Waals surface area contributed by atoms with Crippen molar-refractivity contribution < 1.29 is 4.63 Å². The van der Waals surface area contributed by atoms with Gasteiger partial charge in [0, 0.05) is 0 Å². The normalized spacial score (nSPS) is 10.7. The van der Waals surface area contributed by atoms with Gasteiger partial charge in [0.25, 0.3) is 11.6 Å². The first-order valence-corrected chi connectivity index (χ1v) is 2.17. The van der Waals surface area contributed by atoms with Crippen molar-refractivity contribution in [2.24, 2.45) is 0 Å². The van der Waals surface area contributed by atoms with Gasteiger partial charge in [0.05, 0.1) is 0 Å². The molecule has 2 aliphatic heterocycles. The Morgan fingerprint density at radius 2 is 2.33 bits per heavy atom. The molecule has 0 aliphatic carbocycles. The van der Waals surface area contributed by atoms with Gasteiger partial charge in [-0.15, -0.1) is 10.2 Å². The summed E-state index contributed by atoms with van der Waals surface area (Å²) in [5, 5.41) is 13.7. The highest BCUT2D eigenvalue weighted by molar-refractivity contribution is 5.40. The van der Waals surface area contributed by atoms with E-state index >= 15 is 0 Å². The molecule has 0 amide bonds. The maximum atomic E-state index is 5.17. The second kappa shape index (κ2) is 1.19. The minimum absolute atomic E-state index is 0.317. The first-order valence-electron chi connectivity index (χ1n) is 2.17. The predicted octanol–water partition coefficient (Wildman–Crippen LogP) is -1.52. The molecule has 2 heterocycles. The van der Waals surface area contributed by atoms with Crippen molar-refractivity contribution in [3.05, 3.63) is 0 Å². The Morgan fingerprint density at radius 1 is 1.44 bits per heavy atom. The lowest BCUT2D eigenvalue weighted by molar-refractivity contribution is 0.239. The fourth-order valence-electron chi connectivity index (χ4n) is 0.520. The van der Waals surface area contributed by atoms with E-state index in [-0.39, 0.29) is 0 Å². The monoisotopic (exact) mass is 126 g/mol. The molecular weight excluding hydrogens is 124 g/mol. The molecule has 0 saturated heterocycles. The summed E-state index contributed by atoms with van der Waals surface area (Å²) >= 11 is 0. The van der Waals surface area contributed by atoms with Gasteiger partial charge < -0.3 is 5.84 Å². The fourth-order valence-corrected chi connectivity index (χ4v) is 0.520. The zero-order chi connectivity index (χ0) is 6.27. The van der Waals surface area contributed by atoms with Crippen LogP contribution in [0.15, 0.2) is 4.63 Å². The summed E-state index contributed by atoms with van der Waals surface area (Å²) in [5.41, 5.74) is 0. The molecule has 0 aromatic rings. The Kier molecular flexibility index (Phi) is 0.560. The van der Waals surface area contributed by atoms with Crippen LogP contribution in [0.25, 0.3) is 11.6 Å². The summed E-state index contributed by atoms with van der Waals surface area (Å²) in [6.07, 6.45) is 0. The predicted molar refractivity (Wildman–Crippen MR) is 24.7 cm³/mol. The van der Waals surface area contributed by atoms with Gasteiger partial charge in [0.2, 0.25) is 0 Å². The molecule has 2 aliphatic rings. The molecule has 7 nitrogen and oxygen atoms in total. The van der Waals surface area contributed by atoms with E-state index in [0.717, 1.165) is 4.85 Å². The quantitative estimate of drug-likeness (QED) is 0.430. The molecule has 0 aromatic heterocycles. The topological polar surface area (TPSA) is 95.7 Å². The summed E-state index contributed by atoms with van der Waals surface area (Å²) in [6.45, 7) is 0. The third-order valence-corrected chi connectivity index (χ3v) is 0.903. The summed E-state index contributed by atoms with van der Waals surface area (Å²) in [4.78, 5) is 0.898. The van der Waals surface area contributed by atoms with E-state index in [1.807, 2.05) is 0 Å². The summed E-state index contributed by atoms with van der Waals surface area (Å²) < 4.78 is 4.43. The molecule has 0 fully saturated rings. The van der Waals surface area contributed by atoms with Crippen molar-refractivity contribution >= 4 is 0 Å². The van der Waals surface area contributed by atoms with Crippen molar-refractivity contribution in [3.8, 4) is 11.6 Å². The van der Waals surface area contributed by atoms with Crippen molar-refractivity contribution in [2.45, 2.75) is 0 Å². The lowest BCUT2D eigenvalue weighted by Crippen LogP contribution is -2.07. The Morgan fingerprint density at radius 3 is 3.11 bits per heavy atom. The Hall–Kier alpha value is -1.66. The molecule has 0 spiro atoms. The van der Waals surface area contributed by atoms with Crippen LogP contribution in [0, 0.1) is 0 Å². The Balaban J connectivity index is 2.79. The molecule has 9 heavy (non-hydrogen) atoms. The van der Waals surface area contributed by atoms with E-state index in [1.165, 1.54) is 0 Å². The molecule has 0 radical (unpaired) electrons. The third kappa shape index (κ3) is 0.397. The molecule has 0 saturated carbocycles. The maximum absolute atomic E-state index is 5.17. The number of hydrogen-bond acceptors (Lipinski definition) is 6. The van der Waals surface area contributed by atoms with Gasteiger partial charge in [-0.2, -0.15) is 0 Å². The minimum Gasteiger partial charge on any atom is -0.306 e. The minimum atomic E-state index is 0.317. The van der Waals surface area contributed by atoms with Crippen molar-refractivity contribution in [2.75, 3.05) is 5.84 Å². The van der Waals surface area contributed by atoms with Crippen LogP contribution in [0.1, 0.15) is 0 Å². The molecule has 0 unspecified atom stereocenters. The van der Waals surface area contributed by atoms with E-state index in [9.17, 15) is 0 Å². The van der Waals surface area contributed by atoms with Crippen LogP contribution in [-0.2, 0) is 0 Å². The number of nitrogens with zero attached hydrogens (tertiary/aromatic N) is 5. The standard InChI is InChI=1S/C2H2N6O/c3-8-2-1(6-9-8)4-7-5-2/h3H2. The number of fused-ring (bicyclic) bond motifs is 1. The smallest absolute Gasteiger partial charge is 0.267 e. The van der Waals surface area contributed by atoms with Crippen molar-refractivity contribution in [1.82, 2.24) is 25.4 Å². The summed E-state index contributed by atoms with van der Waals surface area (Å²) in [6, 6.07) is 0. The Labute approximate surface area is 48.7 Å². The van der Waals surface area contributed by atoms with E-state index in [4.69, 9.17) is 5.84 Å². The first kappa shape index (κ1) is 4.24. The van der Waals surface area contributed by atoms with Crippen molar-refractivity contribution in [1.29, 1.82) is 0 Å². The number of nitrogen functional groups attached to an aromatic ring is 1. The van der Waals surface area contributed by atoms with Crippen LogP contribution < -0.4 is 5.84 Å². The highest BCUT2D eigenvalue weighted by atomic mass is 16.6. The second-order valence-electron chi connectivity index (χ2n) is 1.44. The van der Waals surface area contributed by atoms with Crippen LogP contribution in [0.4, 0.5) is 0 Å². The van der Waals surface area contributed by atoms with Gasteiger partial charge in [-0.3, -0.25) is 0 Å². The summed E-state index contributed by atoms with van der Waals surface area (Å²) in [5.74, 6) is 5.83. The number of nitrogens with two attached hydrogens (primary N) is 1. The van der Waals surface area contributed by atoms with Crippen LogP contribution in [-0.4, -0.2) is 25.4 Å². The van der Waals surface area contributed by atoms with Crippen molar-refractivity contribution in [3.63, 3.8) is 0 Å². The van der Waals surface area contributed by atoms with Crippen LogP contribution in [0.2, 0.25) is 0 Å². The van der Waals surface area contributed by atoms with Crippen LogP contribution in [0.5, 0.6) is 0 Å². The summed E-state index contributed by atoms with van der Waals surface area (Å²) in [7, 11) is 0. The van der Waals surface area contributed by atoms with E-state index in [0.29, 0.717) is 11.6 Å².